The van der Waals surface area contributed by atoms with Crippen LogP contribution in [0.1, 0.15) is 32.1 Å². The van der Waals surface area contributed by atoms with E-state index in [0.717, 1.165) is 19.4 Å². The van der Waals surface area contributed by atoms with Crippen LogP contribution in [0.4, 0.5) is 0 Å². The maximum Gasteiger partial charge on any atom is 0.159 e. The van der Waals surface area contributed by atoms with Crippen molar-refractivity contribution in [3.63, 3.8) is 0 Å². The summed E-state index contributed by atoms with van der Waals surface area (Å²) in [6.07, 6.45) is 9.94. The largest absolute Gasteiger partial charge is 0.303 e. The first-order valence-corrected chi connectivity index (χ1v) is 5.79. The molecule has 0 bridgehead atoms. The zero-order valence-corrected chi connectivity index (χ0v) is 8.74. The quantitative estimate of drug-likeness (QED) is 0.668. The van der Waals surface area contributed by atoms with E-state index in [0.29, 0.717) is 5.78 Å². The molecular weight excluding hydrogens is 174 g/mol. The Morgan fingerprint density at radius 3 is 2.79 bits per heavy atom. The minimum Gasteiger partial charge on any atom is -0.303 e. The molecule has 1 fully saturated rings. The van der Waals surface area contributed by atoms with Crippen LogP contribution in [-0.2, 0) is 4.79 Å². The highest BCUT2D eigenvalue weighted by molar-refractivity contribution is 5.92. The summed E-state index contributed by atoms with van der Waals surface area (Å²) in [6, 6.07) is 0. The highest BCUT2D eigenvalue weighted by atomic mass is 16.1. The SMILES string of the molecule is O=C1C=CCCC1CN1CCCCC1. The Morgan fingerprint density at radius 2 is 2.07 bits per heavy atom. The summed E-state index contributed by atoms with van der Waals surface area (Å²) >= 11 is 0. The molecule has 1 aliphatic heterocycles. The molecular formula is C12H19NO. The van der Waals surface area contributed by atoms with Crippen LogP contribution in [0.3, 0.4) is 0 Å². The molecule has 1 heterocycles. The van der Waals surface area contributed by atoms with E-state index in [-0.39, 0.29) is 5.92 Å². The van der Waals surface area contributed by atoms with Crippen LogP contribution in [0, 0.1) is 5.92 Å². The number of ketones is 1. The lowest BCUT2D eigenvalue weighted by Crippen LogP contribution is -2.37. The minimum atomic E-state index is 0.290. The predicted octanol–water partition coefficient (Wildman–Crippen LogP) is 2.01. The van der Waals surface area contributed by atoms with Gasteiger partial charge in [-0.15, -0.1) is 0 Å². The van der Waals surface area contributed by atoms with Crippen LogP contribution >= 0.6 is 0 Å². The van der Waals surface area contributed by atoms with E-state index in [1.807, 2.05) is 6.08 Å². The van der Waals surface area contributed by atoms with Crippen LogP contribution in [0.15, 0.2) is 12.2 Å². The maximum atomic E-state index is 11.6. The van der Waals surface area contributed by atoms with E-state index in [1.54, 1.807) is 6.08 Å². The highest BCUT2D eigenvalue weighted by Crippen LogP contribution is 2.18. The second-order valence-electron chi connectivity index (χ2n) is 4.44. The van der Waals surface area contributed by atoms with Crippen molar-refractivity contribution >= 4 is 5.78 Å². The molecule has 0 aromatic carbocycles. The van der Waals surface area contributed by atoms with Gasteiger partial charge in [-0.1, -0.05) is 12.5 Å². The Morgan fingerprint density at radius 1 is 1.29 bits per heavy atom. The van der Waals surface area contributed by atoms with E-state index in [4.69, 9.17) is 0 Å². The molecule has 78 valence electrons. The number of carbonyl (C=O) groups is 1. The van der Waals surface area contributed by atoms with Crippen LogP contribution in [0.25, 0.3) is 0 Å². The Bertz CT molecular complexity index is 228. The molecule has 1 atom stereocenters. The Labute approximate surface area is 86.0 Å². The van der Waals surface area contributed by atoms with Gasteiger partial charge in [-0.25, -0.2) is 0 Å². The zero-order valence-electron chi connectivity index (χ0n) is 8.74. The number of hydrogen-bond donors (Lipinski definition) is 0. The van der Waals surface area contributed by atoms with Crippen molar-refractivity contribution in [2.75, 3.05) is 19.6 Å². The second-order valence-corrected chi connectivity index (χ2v) is 4.44. The van der Waals surface area contributed by atoms with Crippen molar-refractivity contribution in [2.45, 2.75) is 32.1 Å². The standard InChI is InChI=1S/C12H19NO/c14-12-7-3-2-6-11(12)10-13-8-4-1-5-9-13/h3,7,11H,1-2,4-6,8-10H2. The second kappa shape index (κ2) is 4.74. The van der Waals surface area contributed by atoms with Gasteiger partial charge < -0.3 is 4.90 Å². The van der Waals surface area contributed by atoms with Crippen molar-refractivity contribution in [3.8, 4) is 0 Å². The topological polar surface area (TPSA) is 20.3 Å². The van der Waals surface area contributed by atoms with Crippen LogP contribution in [0.2, 0.25) is 0 Å². The van der Waals surface area contributed by atoms with Gasteiger partial charge in [-0.2, -0.15) is 0 Å². The summed E-state index contributed by atoms with van der Waals surface area (Å²) in [7, 11) is 0. The number of hydrogen-bond acceptors (Lipinski definition) is 2. The molecule has 0 radical (unpaired) electrons. The van der Waals surface area contributed by atoms with Crippen LogP contribution in [-0.4, -0.2) is 30.3 Å². The molecule has 0 N–H and O–H groups in total. The maximum absolute atomic E-state index is 11.6. The van der Waals surface area contributed by atoms with Gasteiger partial charge >= 0.3 is 0 Å². The lowest BCUT2D eigenvalue weighted by Gasteiger charge is -2.30. The van der Waals surface area contributed by atoms with Crippen molar-refractivity contribution in [3.05, 3.63) is 12.2 Å². The smallest absolute Gasteiger partial charge is 0.159 e. The van der Waals surface area contributed by atoms with E-state index in [1.165, 1.54) is 32.4 Å². The van der Waals surface area contributed by atoms with Gasteiger partial charge in [0, 0.05) is 12.5 Å². The first-order valence-electron chi connectivity index (χ1n) is 5.79. The lowest BCUT2D eigenvalue weighted by molar-refractivity contribution is -0.119. The Hall–Kier alpha value is -0.630. The van der Waals surface area contributed by atoms with Gasteiger partial charge in [-0.05, 0) is 44.8 Å². The van der Waals surface area contributed by atoms with Crippen molar-refractivity contribution in [2.24, 2.45) is 5.92 Å². The van der Waals surface area contributed by atoms with Crippen LogP contribution in [0.5, 0.6) is 0 Å². The van der Waals surface area contributed by atoms with Gasteiger partial charge in [0.25, 0.3) is 0 Å². The van der Waals surface area contributed by atoms with Crippen molar-refractivity contribution in [1.82, 2.24) is 4.90 Å². The molecule has 0 amide bonds. The Balaban J connectivity index is 1.83. The number of nitrogens with zero attached hydrogens (tertiary/aromatic N) is 1. The summed E-state index contributed by atoms with van der Waals surface area (Å²) in [4.78, 5) is 14.0. The fourth-order valence-electron chi connectivity index (χ4n) is 2.41. The number of piperidine rings is 1. The molecule has 14 heavy (non-hydrogen) atoms. The third-order valence-corrected chi connectivity index (χ3v) is 3.29. The number of likely N-dealkylation sites (tertiary alicyclic amines) is 1. The molecule has 2 nitrogen and oxygen atoms in total. The van der Waals surface area contributed by atoms with Crippen molar-refractivity contribution < 1.29 is 4.79 Å². The van der Waals surface area contributed by atoms with Crippen molar-refractivity contribution in [1.29, 1.82) is 0 Å². The molecule has 2 heteroatoms. The van der Waals surface area contributed by atoms with Crippen LogP contribution < -0.4 is 0 Å². The number of rotatable bonds is 2. The lowest BCUT2D eigenvalue weighted by atomic mass is 9.92. The first kappa shape index (κ1) is 9.91. The fraction of sp³-hybridized carbons (Fsp3) is 0.750. The third-order valence-electron chi connectivity index (χ3n) is 3.29. The normalized spacial score (nSPS) is 29.4. The van der Waals surface area contributed by atoms with E-state index in [2.05, 4.69) is 4.90 Å². The summed E-state index contributed by atoms with van der Waals surface area (Å²) in [5, 5.41) is 0. The monoisotopic (exact) mass is 193 g/mol. The van der Waals surface area contributed by atoms with Gasteiger partial charge in [-0.3, -0.25) is 4.79 Å². The molecule has 1 aliphatic carbocycles. The average molecular weight is 193 g/mol. The third kappa shape index (κ3) is 2.44. The number of carbonyl (C=O) groups excluding carboxylic acids is 1. The minimum absolute atomic E-state index is 0.290. The van der Waals surface area contributed by atoms with Gasteiger partial charge in [0.15, 0.2) is 5.78 Å². The molecule has 1 saturated heterocycles. The molecule has 2 aliphatic rings. The molecule has 0 saturated carbocycles. The molecule has 2 rings (SSSR count). The summed E-state index contributed by atoms with van der Waals surface area (Å²) in [5.74, 6) is 0.639. The molecule has 0 aromatic rings. The van der Waals surface area contributed by atoms with Gasteiger partial charge in [0.2, 0.25) is 0 Å². The highest BCUT2D eigenvalue weighted by Gasteiger charge is 2.22. The first-order chi connectivity index (χ1) is 6.86. The predicted molar refractivity (Wildman–Crippen MR) is 57.2 cm³/mol. The van der Waals surface area contributed by atoms with Gasteiger partial charge in [0.05, 0.1) is 0 Å². The van der Waals surface area contributed by atoms with Gasteiger partial charge in [0.1, 0.15) is 0 Å². The van der Waals surface area contributed by atoms with E-state index < -0.39 is 0 Å². The molecule has 1 unspecified atom stereocenters. The Kier molecular flexibility index (Phi) is 3.35. The average Bonchev–Trinajstić information content (AvgIpc) is 2.23. The summed E-state index contributed by atoms with van der Waals surface area (Å²) in [6.45, 7) is 3.41. The molecule has 0 aromatic heterocycles. The summed E-state index contributed by atoms with van der Waals surface area (Å²) < 4.78 is 0. The summed E-state index contributed by atoms with van der Waals surface area (Å²) in [5.41, 5.74) is 0. The van der Waals surface area contributed by atoms with E-state index >= 15 is 0 Å². The number of allylic oxidation sites excluding steroid dienone is 2. The molecule has 0 spiro atoms. The van der Waals surface area contributed by atoms with E-state index in [9.17, 15) is 4.79 Å². The zero-order chi connectivity index (χ0) is 9.80. The fourth-order valence-corrected chi connectivity index (χ4v) is 2.41.